The van der Waals surface area contributed by atoms with Gasteiger partial charge in [0.2, 0.25) is 5.95 Å². The number of aromatic nitrogens is 7. The van der Waals surface area contributed by atoms with E-state index in [1.54, 1.807) is 6.33 Å². The first-order chi connectivity index (χ1) is 26.8. The highest BCUT2D eigenvalue weighted by atomic mass is 15.2. The van der Waals surface area contributed by atoms with E-state index in [9.17, 15) is 0 Å². The first-order valence-electron chi connectivity index (χ1n) is 17.9. The first kappa shape index (κ1) is 30.1. The Balaban J connectivity index is 1.30. The van der Waals surface area contributed by atoms with Crippen molar-refractivity contribution in [3.8, 4) is 45.5 Å². The van der Waals surface area contributed by atoms with Gasteiger partial charge in [0.1, 0.15) is 6.33 Å². The predicted molar refractivity (Wildman–Crippen MR) is 218 cm³/mol. The molecule has 7 aromatic carbocycles. The Kier molecular flexibility index (Phi) is 6.72. The number of hydrogen-bond donors (Lipinski definition) is 0. The van der Waals surface area contributed by atoms with Gasteiger partial charge in [0, 0.05) is 49.9 Å². The lowest BCUT2D eigenvalue weighted by molar-refractivity contribution is 0.953. The summed E-state index contributed by atoms with van der Waals surface area (Å²) in [6, 6.07) is 56.5. The molecule has 0 bridgehead atoms. The zero-order valence-corrected chi connectivity index (χ0v) is 28.9. The van der Waals surface area contributed by atoms with Crippen molar-refractivity contribution >= 4 is 54.5 Å². The molecule has 11 rings (SSSR count). The summed E-state index contributed by atoms with van der Waals surface area (Å²) in [6.45, 7) is 0. The van der Waals surface area contributed by atoms with Crippen LogP contribution in [0.2, 0.25) is 0 Å². The number of rotatable bonds is 5. The molecule has 0 aliphatic carbocycles. The van der Waals surface area contributed by atoms with Crippen molar-refractivity contribution in [1.29, 1.82) is 0 Å². The summed E-state index contributed by atoms with van der Waals surface area (Å²) in [5.41, 5.74) is 10.1. The highest BCUT2D eigenvalue weighted by Gasteiger charge is 2.26. The Bertz CT molecular complexity index is 3190. The van der Waals surface area contributed by atoms with Crippen LogP contribution >= 0.6 is 0 Å². The summed E-state index contributed by atoms with van der Waals surface area (Å²) in [4.78, 5) is 25.2. The topological polar surface area (TPSA) is 74.3 Å². The molecule has 11 aromatic rings. The number of fused-ring (bicyclic) bond motifs is 10. The fourth-order valence-electron chi connectivity index (χ4n) is 7.96. The molecule has 0 radical (unpaired) electrons. The molecule has 0 N–H and O–H groups in total. The van der Waals surface area contributed by atoms with E-state index >= 15 is 0 Å². The fraction of sp³-hybridized carbons (Fsp3) is 0. The average molecular weight is 692 g/mol. The fourth-order valence-corrected chi connectivity index (χ4v) is 7.96. The van der Waals surface area contributed by atoms with Gasteiger partial charge in [-0.15, -0.1) is 0 Å². The second-order valence-electron chi connectivity index (χ2n) is 13.4. The zero-order chi connectivity index (χ0) is 35.6. The van der Waals surface area contributed by atoms with Crippen LogP contribution in [0.15, 0.2) is 176 Å². The van der Waals surface area contributed by atoms with Crippen molar-refractivity contribution in [3.63, 3.8) is 0 Å². The lowest BCUT2D eigenvalue weighted by Crippen LogP contribution is -2.07. The molecule has 4 heterocycles. The third kappa shape index (κ3) is 4.58. The van der Waals surface area contributed by atoms with Gasteiger partial charge in [-0.1, -0.05) is 140 Å². The molecule has 0 aliphatic heterocycles. The maximum Gasteiger partial charge on any atom is 0.238 e. The van der Waals surface area contributed by atoms with Crippen LogP contribution in [0.1, 0.15) is 0 Å². The number of nitrogens with zero attached hydrogens (tertiary/aromatic N) is 7. The molecule has 7 nitrogen and oxygen atoms in total. The first-order valence-corrected chi connectivity index (χ1v) is 17.9. The van der Waals surface area contributed by atoms with Crippen molar-refractivity contribution in [1.82, 2.24) is 34.1 Å². The van der Waals surface area contributed by atoms with E-state index in [1.165, 1.54) is 0 Å². The van der Waals surface area contributed by atoms with Crippen LogP contribution in [-0.4, -0.2) is 34.1 Å². The minimum atomic E-state index is 0.527. The highest BCUT2D eigenvalue weighted by molar-refractivity contribution is 6.35. The van der Waals surface area contributed by atoms with Crippen LogP contribution < -0.4 is 0 Å². The molecule has 0 saturated carbocycles. The Morgan fingerprint density at radius 2 is 0.889 bits per heavy atom. The largest absolute Gasteiger partial charge is 0.307 e. The summed E-state index contributed by atoms with van der Waals surface area (Å²) >= 11 is 0. The Labute approximate surface area is 309 Å². The number of hydrogen-bond acceptors (Lipinski definition) is 5. The monoisotopic (exact) mass is 691 g/mol. The SMILES string of the molecule is c1ccc(-c2ccc(-c3nc(-c4ccccc4)nc(-n4c5ccccc5c5c6cncnc6c6c7ccccc7n(-c7ccccc7)c6c54)n3)cc2)cc1. The molecule has 0 unspecified atom stereocenters. The highest BCUT2D eigenvalue weighted by Crippen LogP contribution is 2.45. The van der Waals surface area contributed by atoms with Crippen molar-refractivity contribution in [3.05, 3.63) is 176 Å². The third-order valence-corrected chi connectivity index (χ3v) is 10.3. The van der Waals surface area contributed by atoms with Gasteiger partial charge in [0.15, 0.2) is 11.6 Å². The lowest BCUT2D eigenvalue weighted by atomic mass is 10.0. The van der Waals surface area contributed by atoms with Crippen LogP contribution in [0.25, 0.3) is 100 Å². The van der Waals surface area contributed by atoms with E-state index in [-0.39, 0.29) is 0 Å². The molecule has 0 amide bonds. The maximum atomic E-state index is 5.32. The van der Waals surface area contributed by atoms with Crippen molar-refractivity contribution in [2.75, 3.05) is 0 Å². The van der Waals surface area contributed by atoms with Gasteiger partial charge in [0.05, 0.1) is 27.6 Å². The van der Waals surface area contributed by atoms with Gasteiger partial charge in [0.25, 0.3) is 0 Å². The number of benzene rings is 7. The minimum absolute atomic E-state index is 0.527. The van der Waals surface area contributed by atoms with E-state index in [0.717, 1.165) is 82.5 Å². The summed E-state index contributed by atoms with van der Waals surface area (Å²) in [5.74, 6) is 1.71. The molecule has 0 fully saturated rings. The molecule has 7 heteroatoms. The van der Waals surface area contributed by atoms with E-state index in [4.69, 9.17) is 19.9 Å². The average Bonchev–Trinajstić information content (AvgIpc) is 3.79. The van der Waals surface area contributed by atoms with Gasteiger partial charge in [-0.3, -0.25) is 4.57 Å². The van der Waals surface area contributed by atoms with Gasteiger partial charge in [-0.05, 0) is 35.4 Å². The quantitative estimate of drug-likeness (QED) is 0.180. The lowest BCUT2D eigenvalue weighted by Gasteiger charge is -2.14. The maximum absolute atomic E-state index is 5.32. The predicted octanol–water partition coefficient (Wildman–Crippen LogP) is 11.0. The Hall–Kier alpha value is -7.51. The molecular formula is C47H29N7. The van der Waals surface area contributed by atoms with Crippen molar-refractivity contribution in [2.45, 2.75) is 0 Å². The zero-order valence-electron chi connectivity index (χ0n) is 28.9. The minimum Gasteiger partial charge on any atom is -0.307 e. The Morgan fingerprint density at radius 3 is 1.57 bits per heavy atom. The molecule has 54 heavy (non-hydrogen) atoms. The second-order valence-corrected chi connectivity index (χ2v) is 13.4. The van der Waals surface area contributed by atoms with Gasteiger partial charge in [-0.25, -0.2) is 15.0 Å². The van der Waals surface area contributed by atoms with E-state index in [0.29, 0.717) is 17.6 Å². The van der Waals surface area contributed by atoms with Crippen LogP contribution in [0, 0.1) is 0 Å². The smallest absolute Gasteiger partial charge is 0.238 e. The molecule has 0 aliphatic rings. The van der Waals surface area contributed by atoms with Crippen LogP contribution in [0.5, 0.6) is 0 Å². The van der Waals surface area contributed by atoms with E-state index in [2.05, 4.69) is 142 Å². The van der Waals surface area contributed by atoms with E-state index < -0.39 is 0 Å². The van der Waals surface area contributed by atoms with Crippen LogP contribution in [0.4, 0.5) is 0 Å². The van der Waals surface area contributed by atoms with Crippen LogP contribution in [-0.2, 0) is 0 Å². The molecule has 0 saturated heterocycles. The summed E-state index contributed by atoms with van der Waals surface area (Å²) in [6.07, 6.45) is 3.59. The van der Waals surface area contributed by atoms with Gasteiger partial charge < -0.3 is 4.57 Å². The molecule has 0 atom stereocenters. The normalized spacial score (nSPS) is 11.7. The van der Waals surface area contributed by atoms with Crippen molar-refractivity contribution in [2.24, 2.45) is 0 Å². The summed E-state index contributed by atoms with van der Waals surface area (Å²) < 4.78 is 4.57. The third-order valence-electron chi connectivity index (χ3n) is 10.3. The van der Waals surface area contributed by atoms with Crippen LogP contribution in [0.3, 0.4) is 0 Å². The van der Waals surface area contributed by atoms with Crippen molar-refractivity contribution < 1.29 is 0 Å². The van der Waals surface area contributed by atoms with Gasteiger partial charge >= 0.3 is 0 Å². The summed E-state index contributed by atoms with van der Waals surface area (Å²) in [7, 11) is 0. The number of para-hydroxylation sites is 3. The Morgan fingerprint density at radius 1 is 0.389 bits per heavy atom. The second kappa shape index (κ2) is 12.0. The van der Waals surface area contributed by atoms with E-state index in [1.807, 2.05) is 42.6 Å². The standard InChI is InChI=1S/C47H29N7/c1-4-14-30(15-5-1)31-24-26-33(27-25-31)46-50-45(32-16-6-2-7-17-32)51-47(52-46)54-39-23-13-10-20-35(39)40-37-28-48-29-49-42(37)41-36-21-11-12-22-38(36)53(44(41)43(40)54)34-18-8-3-9-19-34/h1-29H. The molecular weight excluding hydrogens is 663 g/mol. The molecule has 0 spiro atoms. The van der Waals surface area contributed by atoms with Gasteiger partial charge in [-0.2, -0.15) is 9.97 Å². The molecule has 252 valence electrons. The molecule has 4 aromatic heterocycles. The summed E-state index contributed by atoms with van der Waals surface area (Å²) in [5, 5.41) is 5.25.